The first-order chi connectivity index (χ1) is 8.08. The molecular weight excluding hydrogens is 219 g/mol. The van der Waals surface area contributed by atoms with Crippen LogP contribution < -0.4 is 5.73 Å². The van der Waals surface area contributed by atoms with Crippen LogP contribution in [0.15, 0.2) is 18.2 Å². The summed E-state index contributed by atoms with van der Waals surface area (Å²) in [6.45, 7) is 3.59. The number of benzene rings is 1. The average molecular weight is 236 g/mol. The molecule has 1 saturated heterocycles. The number of rotatable bonds is 1. The molecule has 0 aromatic heterocycles. The monoisotopic (exact) mass is 236 g/mol. The topological polar surface area (TPSA) is 46.3 Å². The molecule has 0 spiro atoms. The van der Waals surface area contributed by atoms with Gasteiger partial charge in [0.05, 0.1) is 5.56 Å². The fourth-order valence-corrected chi connectivity index (χ4v) is 2.26. The Labute approximate surface area is 100 Å². The number of halogens is 1. The van der Waals surface area contributed by atoms with Crippen LogP contribution in [-0.2, 0) is 0 Å². The van der Waals surface area contributed by atoms with Gasteiger partial charge in [-0.15, -0.1) is 0 Å². The minimum Gasteiger partial charge on any atom is -0.398 e. The molecule has 1 aromatic carbocycles. The zero-order valence-electron chi connectivity index (χ0n) is 9.95. The molecule has 2 rings (SSSR count). The predicted octanol–water partition coefficient (Wildman–Crippen LogP) is 2.28. The van der Waals surface area contributed by atoms with Gasteiger partial charge in [-0.25, -0.2) is 4.39 Å². The lowest BCUT2D eigenvalue weighted by Crippen LogP contribution is -2.39. The van der Waals surface area contributed by atoms with Crippen LogP contribution >= 0.6 is 0 Å². The SMILES string of the molecule is CC1CCCN(C(=O)c2cc(F)ccc2N)C1. The van der Waals surface area contributed by atoms with Crippen LogP contribution in [-0.4, -0.2) is 23.9 Å². The first kappa shape index (κ1) is 11.9. The molecular formula is C13H17FN2O. The summed E-state index contributed by atoms with van der Waals surface area (Å²) in [4.78, 5) is 14.0. The Morgan fingerprint density at radius 3 is 3.00 bits per heavy atom. The molecule has 3 nitrogen and oxygen atoms in total. The molecule has 1 aliphatic heterocycles. The Morgan fingerprint density at radius 2 is 2.29 bits per heavy atom. The van der Waals surface area contributed by atoms with E-state index in [1.165, 1.54) is 18.2 Å². The van der Waals surface area contributed by atoms with E-state index in [1.807, 2.05) is 0 Å². The van der Waals surface area contributed by atoms with Crippen LogP contribution in [0.4, 0.5) is 10.1 Å². The van der Waals surface area contributed by atoms with Gasteiger partial charge in [-0.3, -0.25) is 4.79 Å². The van der Waals surface area contributed by atoms with E-state index in [9.17, 15) is 9.18 Å². The van der Waals surface area contributed by atoms with Crippen LogP contribution in [0.25, 0.3) is 0 Å². The van der Waals surface area contributed by atoms with Gasteiger partial charge in [0, 0.05) is 18.8 Å². The molecule has 1 fully saturated rings. The molecule has 4 heteroatoms. The highest BCUT2D eigenvalue weighted by molar-refractivity contribution is 5.99. The van der Waals surface area contributed by atoms with Gasteiger partial charge in [-0.2, -0.15) is 0 Å². The van der Waals surface area contributed by atoms with E-state index < -0.39 is 5.82 Å². The lowest BCUT2D eigenvalue weighted by atomic mass is 9.99. The highest BCUT2D eigenvalue weighted by Gasteiger charge is 2.23. The van der Waals surface area contributed by atoms with Crippen molar-refractivity contribution in [2.45, 2.75) is 19.8 Å². The number of nitrogens with zero attached hydrogens (tertiary/aromatic N) is 1. The summed E-state index contributed by atoms with van der Waals surface area (Å²) >= 11 is 0. The molecule has 1 heterocycles. The molecule has 1 aromatic rings. The first-order valence-corrected chi connectivity index (χ1v) is 5.92. The van der Waals surface area contributed by atoms with Crippen molar-refractivity contribution < 1.29 is 9.18 Å². The number of piperidine rings is 1. The van der Waals surface area contributed by atoms with Gasteiger partial charge in [-0.05, 0) is 37.0 Å². The zero-order chi connectivity index (χ0) is 12.4. The van der Waals surface area contributed by atoms with Crippen molar-refractivity contribution >= 4 is 11.6 Å². The molecule has 0 radical (unpaired) electrons. The van der Waals surface area contributed by atoms with E-state index in [4.69, 9.17) is 5.73 Å². The Bertz CT molecular complexity index is 433. The van der Waals surface area contributed by atoms with Gasteiger partial charge in [0.25, 0.3) is 5.91 Å². The highest BCUT2D eigenvalue weighted by Crippen LogP contribution is 2.21. The molecule has 1 amide bonds. The van der Waals surface area contributed by atoms with E-state index in [0.29, 0.717) is 11.6 Å². The third kappa shape index (κ3) is 2.57. The number of anilines is 1. The number of carbonyl (C=O) groups excluding carboxylic acids is 1. The van der Waals surface area contributed by atoms with Gasteiger partial charge < -0.3 is 10.6 Å². The number of nitrogen functional groups attached to an aromatic ring is 1. The normalized spacial score (nSPS) is 20.4. The van der Waals surface area contributed by atoms with Gasteiger partial charge in [-0.1, -0.05) is 6.92 Å². The number of hydrogen-bond acceptors (Lipinski definition) is 2. The standard InChI is InChI=1S/C13H17FN2O/c1-9-3-2-6-16(8-9)13(17)11-7-10(14)4-5-12(11)15/h4-5,7,9H,2-3,6,8,15H2,1H3. The van der Waals surface area contributed by atoms with E-state index >= 15 is 0 Å². The average Bonchev–Trinajstić information content (AvgIpc) is 2.31. The number of amides is 1. The van der Waals surface area contributed by atoms with E-state index in [0.717, 1.165) is 25.9 Å². The van der Waals surface area contributed by atoms with Crippen molar-refractivity contribution in [3.63, 3.8) is 0 Å². The second-order valence-electron chi connectivity index (χ2n) is 4.73. The molecule has 92 valence electrons. The summed E-state index contributed by atoms with van der Waals surface area (Å²) in [5.74, 6) is -0.0800. The maximum atomic E-state index is 13.1. The molecule has 1 atom stereocenters. The van der Waals surface area contributed by atoms with Gasteiger partial charge in [0.2, 0.25) is 0 Å². The zero-order valence-corrected chi connectivity index (χ0v) is 9.95. The largest absolute Gasteiger partial charge is 0.398 e. The van der Waals surface area contributed by atoms with Crippen LogP contribution in [0.1, 0.15) is 30.1 Å². The van der Waals surface area contributed by atoms with Gasteiger partial charge in [0.15, 0.2) is 0 Å². The third-order valence-electron chi connectivity index (χ3n) is 3.19. The van der Waals surface area contributed by atoms with E-state index in [-0.39, 0.29) is 11.5 Å². The molecule has 1 aliphatic rings. The van der Waals surface area contributed by atoms with Crippen LogP contribution in [0.2, 0.25) is 0 Å². The summed E-state index contributed by atoms with van der Waals surface area (Å²) in [5, 5.41) is 0. The van der Waals surface area contributed by atoms with Crippen molar-refractivity contribution in [1.82, 2.24) is 4.90 Å². The van der Waals surface area contributed by atoms with Crippen molar-refractivity contribution in [3.05, 3.63) is 29.6 Å². The number of hydrogen-bond donors (Lipinski definition) is 1. The maximum absolute atomic E-state index is 13.1. The number of carbonyl (C=O) groups is 1. The fourth-order valence-electron chi connectivity index (χ4n) is 2.26. The molecule has 2 N–H and O–H groups in total. The second-order valence-corrected chi connectivity index (χ2v) is 4.73. The quantitative estimate of drug-likeness (QED) is 0.760. The van der Waals surface area contributed by atoms with Crippen LogP contribution in [0, 0.1) is 11.7 Å². The van der Waals surface area contributed by atoms with Gasteiger partial charge >= 0.3 is 0 Å². The molecule has 0 saturated carbocycles. The lowest BCUT2D eigenvalue weighted by Gasteiger charge is -2.31. The van der Waals surface area contributed by atoms with Crippen LogP contribution in [0.3, 0.4) is 0 Å². The Kier molecular flexibility index (Phi) is 3.31. The Balaban J connectivity index is 2.21. The molecule has 17 heavy (non-hydrogen) atoms. The van der Waals surface area contributed by atoms with Crippen molar-refractivity contribution in [2.24, 2.45) is 5.92 Å². The smallest absolute Gasteiger partial charge is 0.256 e. The van der Waals surface area contributed by atoms with Crippen molar-refractivity contribution in [1.29, 1.82) is 0 Å². The van der Waals surface area contributed by atoms with Crippen molar-refractivity contribution in [3.8, 4) is 0 Å². The highest BCUT2D eigenvalue weighted by atomic mass is 19.1. The van der Waals surface area contributed by atoms with E-state index in [2.05, 4.69) is 6.92 Å². The van der Waals surface area contributed by atoms with Gasteiger partial charge in [0.1, 0.15) is 5.82 Å². The summed E-state index contributed by atoms with van der Waals surface area (Å²) in [6.07, 6.45) is 2.14. The van der Waals surface area contributed by atoms with Crippen LogP contribution in [0.5, 0.6) is 0 Å². The Morgan fingerprint density at radius 1 is 1.53 bits per heavy atom. The predicted molar refractivity (Wildman–Crippen MR) is 65.1 cm³/mol. The fraction of sp³-hybridized carbons (Fsp3) is 0.462. The minimum absolute atomic E-state index is 0.159. The molecule has 1 unspecified atom stereocenters. The Hall–Kier alpha value is -1.58. The maximum Gasteiger partial charge on any atom is 0.256 e. The summed E-state index contributed by atoms with van der Waals surface area (Å²) in [6, 6.07) is 3.93. The first-order valence-electron chi connectivity index (χ1n) is 5.92. The number of likely N-dealkylation sites (tertiary alicyclic amines) is 1. The summed E-state index contributed by atoms with van der Waals surface area (Å²) < 4.78 is 13.1. The molecule has 0 bridgehead atoms. The van der Waals surface area contributed by atoms with E-state index in [1.54, 1.807) is 4.90 Å². The minimum atomic E-state index is -0.424. The third-order valence-corrected chi connectivity index (χ3v) is 3.19. The molecule has 0 aliphatic carbocycles. The lowest BCUT2D eigenvalue weighted by molar-refractivity contribution is 0.0683. The summed E-state index contributed by atoms with van der Waals surface area (Å²) in [5.41, 5.74) is 6.34. The second kappa shape index (κ2) is 4.73. The van der Waals surface area contributed by atoms with Crippen molar-refractivity contribution in [2.75, 3.05) is 18.8 Å². The number of nitrogens with two attached hydrogens (primary N) is 1. The summed E-state index contributed by atoms with van der Waals surface area (Å²) in [7, 11) is 0.